The maximum Gasteiger partial charge on any atom is 0.283 e. The average Bonchev–Trinajstić information content (AvgIpc) is 2.16. The van der Waals surface area contributed by atoms with E-state index in [2.05, 4.69) is 15.9 Å². The highest BCUT2D eigenvalue weighted by Gasteiger charge is 2.15. The molecule has 6 heteroatoms. The number of nitro groups is 1. The standard InChI is InChI=1S/C9H10BrFN2O2/c10-7-5-8(11)6(2-1-3-12)4-9(7)13(14)15/h4-5H,1-3,12H2. The topological polar surface area (TPSA) is 69.2 Å². The normalized spacial score (nSPS) is 10.3. The van der Waals surface area contributed by atoms with Gasteiger partial charge in [-0.1, -0.05) is 0 Å². The molecular weight excluding hydrogens is 267 g/mol. The van der Waals surface area contributed by atoms with E-state index in [4.69, 9.17) is 5.73 Å². The van der Waals surface area contributed by atoms with Gasteiger partial charge in [0.2, 0.25) is 0 Å². The van der Waals surface area contributed by atoms with Crippen LogP contribution in [0.5, 0.6) is 0 Å². The van der Waals surface area contributed by atoms with Gasteiger partial charge in [0.1, 0.15) is 5.82 Å². The SMILES string of the molecule is NCCCc1cc([N+](=O)[O-])c(Br)cc1F. The molecule has 0 saturated carbocycles. The number of halogens is 2. The molecule has 82 valence electrons. The van der Waals surface area contributed by atoms with E-state index in [1.165, 1.54) is 6.07 Å². The van der Waals surface area contributed by atoms with Crippen molar-refractivity contribution in [3.63, 3.8) is 0 Å². The van der Waals surface area contributed by atoms with E-state index in [0.717, 1.165) is 6.07 Å². The lowest BCUT2D eigenvalue weighted by Crippen LogP contribution is -2.02. The molecule has 0 heterocycles. The Balaban J connectivity index is 3.06. The summed E-state index contributed by atoms with van der Waals surface area (Å²) in [6.45, 7) is 0.434. The van der Waals surface area contributed by atoms with E-state index in [0.29, 0.717) is 24.9 Å². The molecule has 1 aromatic carbocycles. The third-order valence-electron chi connectivity index (χ3n) is 1.96. The van der Waals surface area contributed by atoms with Gasteiger partial charge in [-0.15, -0.1) is 0 Å². The van der Waals surface area contributed by atoms with Crippen molar-refractivity contribution in [2.24, 2.45) is 5.73 Å². The van der Waals surface area contributed by atoms with Crippen molar-refractivity contribution in [3.05, 3.63) is 38.1 Å². The second-order valence-corrected chi connectivity index (χ2v) is 3.90. The molecule has 1 aromatic rings. The van der Waals surface area contributed by atoms with Gasteiger partial charge in [0.15, 0.2) is 0 Å². The predicted molar refractivity (Wildman–Crippen MR) is 58.1 cm³/mol. The molecule has 0 radical (unpaired) electrons. The Morgan fingerprint density at radius 2 is 2.20 bits per heavy atom. The van der Waals surface area contributed by atoms with E-state index < -0.39 is 10.7 Å². The van der Waals surface area contributed by atoms with Crippen molar-refractivity contribution in [1.82, 2.24) is 0 Å². The molecule has 0 aliphatic carbocycles. The second-order valence-electron chi connectivity index (χ2n) is 3.04. The van der Waals surface area contributed by atoms with E-state index in [1.807, 2.05) is 0 Å². The Kier molecular flexibility index (Phi) is 4.16. The maximum atomic E-state index is 13.3. The fraction of sp³-hybridized carbons (Fsp3) is 0.333. The summed E-state index contributed by atoms with van der Waals surface area (Å²) in [6.07, 6.45) is 1.02. The van der Waals surface area contributed by atoms with Crippen LogP contribution >= 0.6 is 15.9 Å². The molecule has 0 aromatic heterocycles. The van der Waals surface area contributed by atoms with Crippen molar-refractivity contribution in [2.45, 2.75) is 12.8 Å². The molecule has 0 aliphatic rings. The lowest BCUT2D eigenvalue weighted by molar-refractivity contribution is -0.385. The highest BCUT2D eigenvalue weighted by atomic mass is 79.9. The Labute approximate surface area is 94.6 Å². The van der Waals surface area contributed by atoms with Crippen molar-refractivity contribution in [3.8, 4) is 0 Å². The molecule has 4 nitrogen and oxygen atoms in total. The van der Waals surface area contributed by atoms with E-state index >= 15 is 0 Å². The molecule has 0 spiro atoms. The van der Waals surface area contributed by atoms with Gasteiger partial charge in [-0.2, -0.15) is 0 Å². The van der Waals surface area contributed by atoms with Crippen LogP contribution in [0.4, 0.5) is 10.1 Å². The Hall–Kier alpha value is -1.01. The number of benzene rings is 1. The summed E-state index contributed by atoms with van der Waals surface area (Å²) in [5.74, 6) is -0.444. The fourth-order valence-electron chi connectivity index (χ4n) is 1.20. The molecule has 0 unspecified atom stereocenters. The molecule has 0 saturated heterocycles. The molecule has 0 amide bonds. The molecule has 2 N–H and O–H groups in total. The van der Waals surface area contributed by atoms with Crippen LogP contribution in [0.1, 0.15) is 12.0 Å². The smallest absolute Gasteiger partial charge is 0.283 e. The molecule has 0 fully saturated rings. The summed E-state index contributed by atoms with van der Waals surface area (Å²) in [7, 11) is 0. The van der Waals surface area contributed by atoms with Gasteiger partial charge >= 0.3 is 0 Å². The van der Waals surface area contributed by atoms with Crippen LogP contribution in [-0.4, -0.2) is 11.5 Å². The predicted octanol–water partition coefficient (Wildman–Crippen LogP) is 2.39. The summed E-state index contributed by atoms with van der Waals surface area (Å²) in [5, 5.41) is 10.6. The summed E-state index contributed by atoms with van der Waals surface area (Å²) in [4.78, 5) is 10.0. The number of nitrogens with zero attached hydrogens (tertiary/aromatic N) is 1. The minimum Gasteiger partial charge on any atom is -0.330 e. The highest BCUT2D eigenvalue weighted by molar-refractivity contribution is 9.10. The summed E-state index contributed by atoms with van der Waals surface area (Å²) in [6, 6.07) is 2.36. The minimum absolute atomic E-state index is 0.122. The minimum atomic E-state index is -0.546. The van der Waals surface area contributed by atoms with E-state index in [-0.39, 0.29) is 10.2 Å². The molecule has 15 heavy (non-hydrogen) atoms. The number of nitro benzene ring substituents is 1. The zero-order valence-corrected chi connectivity index (χ0v) is 9.46. The highest BCUT2D eigenvalue weighted by Crippen LogP contribution is 2.28. The first-order chi connectivity index (χ1) is 7.06. The van der Waals surface area contributed by atoms with Crippen LogP contribution in [0.15, 0.2) is 16.6 Å². The van der Waals surface area contributed by atoms with Crippen LogP contribution in [0.25, 0.3) is 0 Å². The zero-order chi connectivity index (χ0) is 11.4. The Morgan fingerprint density at radius 3 is 2.73 bits per heavy atom. The van der Waals surface area contributed by atoms with Crippen LogP contribution < -0.4 is 5.73 Å². The van der Waals surface area contributed by atoms with Crippen LogP contribution in [0.2, 0.25) is 0 Å². The number of aryl methyl sites for hydroxylation is 1. The maximum absolute atomic E-state index is 13.3. The monoisotopic (exact) mass is 276 g/mol. The van der Waals surface area contributed by atoms with Gasteiger partial charge in [-0.25, -0.2) is 4.39 Å². The largest absolute Gasteiger partial charge is 0.330 e. The van der Waals surface area contributed by atoms with Crippen LogP contribution in [0.3, 0.4) is 0 Å². The van der Waals surface area contributed by atoms with Crippen LogP contribution in [-0.2, 0) is 6.42 Å². The molecule has 0 aliphatic heterocycles. The summed E-state index contributed by atoms with van der Waals surface area (Å²) >= 11 is 2.94. The fourth-order valence-corrected chi connectivity index (χ4v) is 1.67. The van der Waals surface area contributed by atoms with Crippen molar-refractivity contribution >= 4 is 21.6 Å². The first-order valence-electron chi connectivity index (χ1n) is 4.38. The first-order valence-corrected chi connectivity index (χ1v) is 5.18. The third kappa shape index (κ3) is 2.97. The summed E-state index contributed by atoms with van der Waals surface area (Å²) in [5.41, 5.74) is 5.50. The lowest BCUT2D eigenvalue weighted by Gasteiger charge is -2.03. The van der Waals surface area contributed by atoms with Gasteiger partial charge < -0.3 is 5.73 Å². The van der Waals surface area contributed by atoms with E-state index in [9.17, 15) is 14.5 Å². The third-order valence-corrected chi connectivity index (χ3v) is 2.60. The Morgan fingerprint density at radius 1 is 1.53 bits per heavy atom. The number of hydrogen-bond donors (Lipinski definition) is 1. The van der Waals surface area contributed by atoms with Crippen LogP contribution in [0, 0.1) is 15.9 Å². The molecule has 1 rings (SSSR count). The van der Waals surface area contributed by atoms with Gasteiger partial charge in [0.05, 0.1) is 9.40 Å². The van der Waals surface area contributed by atoms with Gasteiger partial charge in [-0.3, -0.25) is 10.1 Å². The number of nitrogens with two attached hydrogens (primary N) is 1. The average molecular weight is 277 g/mol. The van der Waals surface area contributed by atoms with Gasteiger partial charge in [0.25, 0.3) is 5.69 Å². The van der Waals surface area contributed by atoms with Gasteiger partial charge in [-0.05, 0) is 46.9 Å². The number of rotatable bonds is 4. The Bertz CT molecular complexity index is 385. The number of hydrogen-bond acceptors (Lipinski definition) is 3. The molecule has 0 atom stereocenters. The van der Waals surface area contributed by atoms with Gasteiger partial charge in [0, 0.05) is 6.07 Å². The molecule has 0 bridgehead atoms. The zero-order valence-electron chi connectivity index (χ0n) is 7.87. The first kappa shape index (κ1) is 12.1. The van der Waals surface area contributed by atoms with E-state index in [1.54, 1.807) is 0 Å². The molecular formula is C9H10BrFN2O2. The van der Waals surface area contributed by atoms with Crippen molar-refractivity contribution in [1.29, 1.82) is 0 Å². The second kappa shape index (κ2) is 5.18. The van der Waals surface area contributed by atoms with Crippen molar-refractivity contribution < 1.29 is 9.31 Å². The summed E-state index contributed by atoms with van der Waals surface area (Å²) < 4.78 is 13.5. The quantitative estimate of drug-likeness (QED) is 0.678. The lowest BCUT2D eigenvalue weighted by atomic mass is 10.1. The van der Waals surface area contributed by atoms with Crippen molar-refractivity contribution in [2.75, 3.05) is 6.54 Å².